The number of nitrogens with one attached hydrogen (secondary N) is 2. The Morgan fingerprint density at radius 2 is 1.79 bits per heavy atom. The number of hydrogen-bond acceptors (Lipinski definition) is 8. The highest BCUT2D eigenvalue weighted by atomic mass is 19.4. The van der Waals surface area contributed by atoms with E-state index in [0.717, 1.165) is 5.56 Å². The van der Waals surface area contributed by atoms with Crippen LogP contribution in [0.15, 0.2) is 73.1 Å². The maximum Gasteiger partial charge on any atom is 0.405 e. The van der Waals surface area contributed by atoms with Crippen molar-refractivity contribution in [3.05, 3.63) is 89.9 Å². The zero-order valence-corrected chi connectivity index (χ0v) is 22.5. The minimum Gasteiger partial charge on any atom is -0.489 e. The smallest absolute Gasteiger partial charge is 0.405 e. The lowest BCUT2D eigenvalue weighted by molar-refractivity contribution is -0.123. The van der Waals surface area contributed by atoms with E-state index in [-0.39, 0.29) is 49.1 Å². The van der Waals surface area contributed by atoms with E-state index in [9.17, 15) is 27.2 Å². The predicted molar refractivity (Wildman–Crippen MR) is 144 cm³/mol. The molecule has 0 aliphatic rings. The summed E-state index contributed by atoms with van der Waals surface area (Å²) < 4.78 is 67.5. The Morgan fingerprint density at radius 3 is 2.56 bits per heavy atom. The van der Waals surface area contributed by atoms with E-state index in [1.54, 1.807) is 54.0 Å². The van der Waals surface area contributed by atoms with Crippen LogP contribution in [0.4, 0.5) is 17.6 Å². The highest BCUT2D eigenvalue weighted by Gasteiger charge is 2.28. The number of pyridine rings is 1. The van der Waals surface area contributed by atoms with Gasteiger partial charge >= 0.3 is 6.18 Å². The third-order valence-corrected chi connectivity index (χ3v) is 5.56. The number of rotatable bonds is 14. The zero-order valence-electron chi connectivity index (χ0n) is 22.5. The van der Waals surface area contributed by atoms with Crippen LogP contribution in [0.3, 0.4) is 0 Å². The van der Waals surface area contributed by atoms with Crippen LogP contribution in [0.25, 0.3) is 5.69 Å². The highest BCUT2D eigenvalue weighted by molar-refractivity contribution is 5.95. The molecule has 4 rings (SSSR count). The van der Waals surface area contributed by atoms with Crippen LogP contribution < -0.4 is 20.1 Å². The fourth-order valence-corrected chi connectivity index (χ4v) is 3.62. The summed E-state index contributed by atoms with van der Waals surface area (Å²) in [4.78, 5) is 29.2. The first-order valence-corrected chi connectivity index (χ1v) is 12.9. The molecule has 0 bridgehead atoms. The van der Waals surface area contributed by atoms with Crippen molar-refractivity contribution in [2.45, 2.75) is 12.7 Å². The van der Waals surface area contributed by atoms with Gasteiger partial charge in [-0.2, -0.15) is 13.2 Å². The fraction of sp³-hybridized carbons (Fsp3) is 0.250. The van der Waals surface area contributed by atoms with Crippen LogP contribution in [0, 0.1) is 0 Å². The second-order valence-electron chi connectivity index (χ2n) is 8.78. The number of nitrogens with zero attached hydrogens (tertiary/aromatic N) is 4. The number of benzene rings is 2. The summed E-state index contributed by atoms with van der Waals surface area (Å²) in [5.74, 6) is -0.506. The van der Waals surface area contributed by atoms with Gasteiger partial charge in [0.25, 0.3) is 11.8 Å². The van der Waals surface area contributed by atoms with Gasteiger partial charge < -0.3 is 24.8 Å². The Balaban J connectivity index is 1.44. The third-order valence-electron chi connectivity index (χ3n) is 5.56. The maximum absolute atomic E-state index is 12.8. The molecule has 0 aliphatic carbocycles. The van der Waals surface area contributed by atoms with E-state index in [2.05, 4.69) is 20.6 Å². The molecule has 0 unspecified atom stereocenters. The lowest BCUT2D eigenvalue weighted by Gasteiger charge is -2.14. The van der Waals surface area contributed by atoms with E-state index >= 15 is 0 Å². The van der Waals surface area contributed by atoms with Gasteiger partial charge in [-0.25, -0.2) is 14.1 Å². The number of halogens is 4. The molecular formula is C28H26F4N6O5. The van der Waals surface area contributed by atoms with Crippen molar-refractivity contribution in [3.8, 4) is 23.1 Å². The molecular weight excluding hydrogens is 576 g/mol. The normalized spacial score (nSPS) is 11.2. The molecule has 0 radical (unpaired) electrons. The Labute approximate surface area is 242 Å². The molecule has 4 aromatic rings. The van der Waals surface area contributed by atoms with Gasteiger partial charge in [-0.3, -0.25) is 9.59 Å². The van der Waals surface area contributed by atoms with Crippen LogP contribution >= 0.6 is 0 Å². The average molecular weight is 603 g/mol. The molecule has 2 N–H and O–H groups in total. The lowest BCUT2D eigenvalue weighted by Crippen LogP contribution is -2.33. The monoisotopic (exact) mass is 602 g/mol. The first kappa shape index (κ1) is 30.9. The van der Waals surface area contributed by atoms with Gasteiger partial charge in [-0.15, -0.1) is 5.10 Å². The van der Waals surface area contributed by atoms with Crippen LogP contribution in [0.5, 0.6) is 17.4 Å². The quantitative estimate of drug-likeness (QED) is 0.164. The van der Waals surface area contributed by atoms with E-state index in [1.165, 1.54) is 29.1 Å². The summed E-state index contributed by atoms with van der Waals surface area (Å²) in [6, 6.07) is 16.2. The molecule has 15 heteroatoms. The maximum atomic E-state index is 12.8. The Kier molecular flexibility index (Phi) is 10.6. The molecule has 0 atom stereocenters. The third kappa shape index (κ3) is 9.49. The predicted octanol–water partition coefficient (Wildman–Crippen LogP) is 4.04. The number of hydrogen-bond donors (Lipinski definition) is 2. The fourth-order valence-electron chi connectivity index (χ4n) is 3.62. The van der Waals surface area contributed by atoms with E-state index < -0.39 is 31.2 Å². The molecule has 43 heavy (non-hydrogen) atoms. The molecule has 0 saturated heterocycles. The Hall–Kier alpha value is -5.05. The van der Waals surface area contributed by atoms with Crippen molar-refractivity contribution in [2.75, 3.05) is 33.0 Å². The standard InChI is InChI=1S/C28H26F4N6O5/c29-9-11-41-12-13-42-24-15-20(26(39)35-18-28(30,31)32)7-8-23(24)38-17-22(36-37-38)27(40)34-16-19-4-3-5-21(14-19)43-25-6-1-2-10-33-25/h1-8,10,14-15,17H,9,11-13,16,18H2,(H,34,40)(H,35,39). The van der Waals surface area contributed by atoms with Gasteiger partial charge in [0.15, 0.2) is 5.69 Å². The second kappa shape index (κ2) is 14.7. The number of amides is 2. The molecule has 2 amide bonds. The topological polar surface area (TPSA) is 129 Å². The molecule has 0 spiro atoms. The molecule has 2 aromatic carbocycles. The zero-order chi connectivity index (χ0) is 30.7. The Bertz CT molecular complexity index is 1520. The lowest BCUT2D eigenvalue weighted by atomic mass is 10.1. The summed E-state index contributed by atoms with van der Waals surface area (Å²) in [7, 11) is 0. The van der Waals surface area contributed by atoms with Crippen LogP contribution in [0.1, 0.15) is 26.4 Å². The number of carbonyl (C=O) groups is 2. The van der Waals surface area contributed by atoms with Gasteiger partial charge in [0, 0.05) is 24.4 Å². The van der Waals surface area contributed by atoms with Crippen molar-refractivity contribution in [1.82, 2.24) is 30.6 Å². The first-order valence-electron chi connectivity index (χ1n) is 12.9. The van der Waals surface area contributed by atoms with Crippen molar-refractivity contribution >= 4 is 11.8 Å². The van der Waals surface area contributed by atoms with Crippen molar-refractivity contribution in [3.63, 3.8) is 0 Å². The van der Waals surface area contributed by atoms with Gasteiger partial charge in [0.1, 0.15) is 37.0 Å². The number of carbonyl (C=O) groups excluding carboxylic acids is 2. The number of aromatic nitrogens is 4. The molecule has 0 saturated carbocycles. The van der Waals surface area contributed by atoms with E-state index in [0.29, 0.717) is 11.6 Å². The summed E-state index contributed by atoms with van der Waals surface area (Å²) in [5, 5.41) is 12.4. The van der Waals surface area contributed by atoms with Gasteiger partial charge in [-0.05, 0) is 42.0 Å². The van der Waals surface area contributed by atoms with Gasteiger partial charge in [0.05, 0.1) is 19.4 Å². The van der Waals surface area contributed by atoms with Crippen molar-refractivity contribution in [1.29, 1.82) is 0 Å². The molecule has 0 fully saturated rings. The minimum atomic E-state index is -4.59. The largest absolute Gasteiger partial charge is 0.489 e. The molecule has 0 aliphatic heterocycles. The van der Waals surface area contributed by atoms with Crippen LogP contribution in [-0.4, -0.2) is 71.0 Å². The SMILES string of the molecule is O=C(NCC(F)(F)F)c1ccc(-n2cc(C(=O)NCc3cccc(Oc4ccccn4)c3)nn2)c(OCCOCCF)c1. The molecule has 226 valence electrons. The van der Waals surface area contributed by atoms with Crippen LogP contribution in [-0.2, 0) is 11.3 Å². The number of ether oxygens (including phenoxy) is 3. The van der Waals surface area contributed by atoms with Gasteiger partial charge in [0.2, 0.25) is 5.88 Å². The summed E-state index contributed by atoms with van der Waals surface area (Å²) in [5.41, 5.74) is 0.841. The molecule has 2 aromatic heterocycles. The minimum absolute atomic E-state index is 0.00692. The summed E-state index contributed by atoms with van der Waals surface area (Å²) >= 11 is 0. The number of alkyl halides is 4. The van der Waals surface area contributed by atoms with Gasteiger partial charge in [-0.1, -0.05) is 23.4 Å². The molecule has 2 heterocycles. The van der Waals surface area contributed by atoms with Crippen molar-refractivity contribution < 1.29 is 41.4 Å². The second-order valence-corrected chi connectivity index (χ2v) is 8.78. The van der Waals surface area contributed by atoms with E-state index in [4.69, 9.17) is 14.2 Å². The first-order chi connectivity index (χ1) is 20.7. The highest BCUT2D eigenvalue weighted by Crippen LogP contribution is 2.25. The summed E-state index contributed by atoms with van der Waals surface area (Å²) in [6.07, 6.45) is -1.66. The van der Waals surface area contributed by atoms with E-state index in [1.807, 2.05) is 0 Å². The van der Waals surface area contributed by atoms with Crippen LogP contribution in [0.2, 0.25) is 0 Å². The molecule has 11 nitrogen and oxygen atoms in total. The van der Waals surface area contributed by atoms with Crippen molar-refractivity contribution in [2.24, 2.45) is 0 Å². The average Bonchev–Trinajstić information content (AvgIpc) is 3.49. The Morgan fingerprint density at radius 1 is 0.930 bits per heavy atom. The summed E-state index contributed by atoms with van der Waals surface area (Å²) in [6.45, 7) is -2.24.